The number of halogens is 3. The number of amides is 1. The van der Waals surface area contributed by atoms with Gasteiger partial charge < -0.3 is 60.7 Å². The van der Waals surface area contributed by atoms with E-state index in [-0.39, 0.29) is 57.5 Å². The summed E-state index contributed by atoms with van der Waals surface area (Å²) in [7, 11) is 10.5. The molecule has 0 aliphatic carbocycles. The molecule has 0 aliphatic heterocycles. The number of rotatable bonds is 19. The molecule has 23 heteroatoms. The zero-order valence-electron chi connectivity index (χ0n) is 63.7. The van der Waals surface area contributed by atoms with Crippen molar-refractivity contribution in [3.63, 3.8) is 0 Å². The highest BCUT2D eigenvalue weighted by molar-refractivity contribution is 9.69. The van der Waals surface area contributed by atoms with Crippen LogP contribution in [0, 0.1) is 0 Å². The highest BCUT2D eigenvalue weighted by atomic mass is 79.9. The van der Waals surface area contributed by atoms with E-state index in [1.54, 1.807) is 63.5 Å². The van der Waals surface area contributed by atoms with E-state index in [4.69, 9.17) is 24.7 Å². The Bertz CT molecular complexity index is 5250. The molecule has 0 heterocycles. The van der Waals surface area contributed by atoms with Crippen LogP contribution in [-0.4, -0.2) is 111 Å². The average molecular weight is 1740 g/mol. The molecule has 0 radical (unpaired) electrons. The van der Waals surface area contributed by atoms with Crippen molar-refractivity contribution in [2.45, 2.75) is 38.5 Å². The summed E-state index contributed by atoms with van der Waals surface area (Å²) in [6.07, 6.45) is 7.19. The number of nitrogens with two attached hydrogens (primary N) is 1. The van der Waals surface area contributed by atoms with Crippen LogP contribution in [0.5, 0.6) is 28.7 Å². The van der Waals surface area contributed by atoms with Gasteiger partial charge in [-0.15, -0.1) is 47.3 Å². The minimum atomic E-state index is -2.23. The molecule has 9 N–H and O–H groups in total. The Morgan fingerprint density at radius 3 is 1.03 bits per heavy atom. The maximum atomic E-state index is 12.3. The van der Waals surface area contributed by atoms with E-state index < -0.39 is 6.89 Å². The number of carbonyl (C=O) groups is 6. The normalized spacial score (nSPS) is 10.2. The Morgan fingerprint density at radius 1 is 0.389 bits per heavy atom. The lowest BCUT2D eigenvalue weighted by Crippen LogP contribution is -2.28. The second kappa shape index (κ2) is 48.4. The number of phenolic OH excluding ortho intramolecular Hbond substituents is 2. The standard InChI is InChI=1S/C21H19O2P.C15H16O3.C15H14O3.C14H14O3.C13H13NO2.C12H10O2.BBr3.H3N.H2O.H2/c1-23-21(22)17-24(18-11-5-2-6-12-18,19-13-7-3-8-14-19)20-15-9-4-10-16-20;2*1-17-14-7-6-12-9-11(3-5-13(12)10-14)4-8-15(16)18-2;1-17-14(16)7-3-10-2-4-12-9-13(15)6-5-11(12)8-10;14-13(16)6-2-9-1-3-11-8-12(15)5-4-10(11)7-9;1-14-12-5-4-10-6-9(8-13)2-3-11(10)7-12;2-1(3)4;;;/h2-17H,1H3;3,5-7,9-10H,4,8H2,1-2H3;3-10H,1-2H3;2,4-6,8-9,15H,3,7H2,1H3;1,3-5,7-8,15H,2,6H2,(H2,14,16);2-8H,1H3;;1H3;1H2;1H/b;;8-4+;;;;;;;. The first-order chi connectivity index (χ1) is 53.6. The molecule has 0 saturated carbocycles. The molecule has 0 atom stereocenters. The van der Waals surface area contributed by atoms with E-state index in [2.05, 4.69) is 104 Å². The molecular weight excluding hydrogens is 1650 g/mol. The fourth-order valence-corrected chi connectivity index (χ4v) is 15.1. The Labute approximate surface area is 685 Å². The number of carbonyl (C=O) groups excluding carboxylic acids is 6. The molecule has 113 heavy (non-hydrogen) atoms. The zero-order chi connectivity index (χ0) is 80.1. The van der Waals surface area contributed by atoms with Crippen molar-refractivity contribution < 1.29 is 79.0 Å². The van der Waals surface area contributed by atoms with Gasteiger partial charge >= 0.3 is 27.1 Å². The maximum absolute atomic E-state index is 12.3. The van der Waals surface area contributed by atoms with Crippen molar-refractivity contribution in [2.75, 3.05) is 49.8 Å². The van der Waals surface area contributed by atoms with Gasteiger partial charge in [-0.3, -0.25) is 19.2 Å². The van der Waals surface area contributed by atoms with Crippen molar-refractivity contribution in [1.29, 1.82) is 0 Å². The highest BCUT2D eigenvalue weighted by Crippen LogP contribution is 2.43. The number of aromatic hydroxyl groups is 2. The van der Waals surface area contributed by atoms with E-state index in [9.17, 15) is 39.0 Å². The molecule has 1 amide bonds. The number of fused-ring (bicyclic) bond motifs is 5. The van der Waals surface area contributed by atoms with Crippen molar-refractivity contribution in [3.05, 3.63) is 307 Å². The molecule has 13 rings (SSSR count). The Morgan fingerprint density at radius 2 is 0.690 bits per heavy atom. The maximum Gasteiger partial charge on any atom is 0.369 e. The number of hydrogen-bond donors (Lipinski definition) is 4. The molecule has 13 aromatic rings. The average Bonchev–Trinajstić information content (AvgIpc) is 0.753. The van der Waals surface area contributed by atoms with Gasteiger partial charge in [0, 0.05) is 38.1 Å². The molecule has 0 aliphatic rings. The van der Waals surface area contributed by atoms with Crippen molar-refractivity contribution >= 4 is 175 Å². The number of aldehydes is 1. The van der Waals surface area contributed by atoms with Crippen LogP contribution < -0.4 is 42.0 Å². The largest absolute Gasteiger partial charge is 0.508 e. The van der Waals surface area contributed by atoms with Gasteiger partial charge in [-0.05, 0) is 197 Å². The minimum Gasteiger partial charge on any atom is -0.508 e. The topological polar surface area (TPSA) is 300 Å². The summed E-state index contributed by atoms with van der Waals surface area (Å²) in [4.78, 5) is 66.7. The summed E-state index contributed by atoms with van der Waals surface area (Å²) >= 11 is 9.31. The third-order valence-corrected chi connectivity index (χ3v) is 21.1. The molecule has 0 aromatic heterocycles. The zero-order valence-corrected chi connectivity index (χ0v) is 69.3. The number of methoxy groups -OCH3 is 7. The van der Waals surface area contributed by atoms with Gasteiger partial charge in [-0.25, -0.2) is 9.59 Å². The number of ether oxygens (including phenoxy) is 7. The number of phenols is 2. The third-order valence-electron chi connectivity index (χ3n) is 17.1. The van der Waals surface area contributed by atoms with Gasteiger partial charge in [0.05, 0.1) is 49.8 Å². The number of benzene rings is 13. The number of hydrogen-bond acceptors (Lipinski definition) is 16. The van der Waals surface area contributed by atoms with Crippen molar-refractivity contribution in [2.24, 2.45) is 5.73 Å². The van der Waals surface area contributed by atoms with Gasteiger partial charge in [0.25, 0.3) is 0 Å². The van der Waals surface area contributed by atoms with Crippen LogP contribution in [0.1, 0.15) is 53.3 Å². The monoisotopic (exact) mass is 1740 g/mol. The molecular formula is C90H93BBr3N2O16P. The summed E-state index contributed by atoms with van der Waals surface area (Å²) < 4.78 is 34.5. The first-order valence-corrected chi connectivity index (χ1v) is 39.4. The lowest BCUT2D eigenvalue weighted by atomic mass is 10.0. The van der Waals surface area contributed by atoms with E-state index in [1.807, 2.05) is 200 Å². The molecule has 0 unspecified atom stereocenters. The Balaban J connectivity index is 0.000000286. The van der Waals surface area contributed by atoms with Crippen molar-refractivity contribution in [3.8, 4) is 28.7 Å². The fraction of sp³-hybridized carbons (Fsp3) is 0.144. The molecule has 18 nitrogen and oxygen atoms in total. The Kier molecular flexibility index (Phi) is 39.5. The summed E-state index contributed by atoms with van der Waals surface area (Å²) in [6.45, 7) is -2.23. The number of primary amides is 1. The predicted molar refractivity (Wildman–Crippen MR) is 474 cm³/mol. The Hall–Kier alpha value is -11.4. The molecule has 0 saturated heterocycles. The second-order valence-corrected chi connectivity index (χ2v) is 34.1. The number of aryl methyl sites for hydroxylation is 3. The lowest BCUT2D eigenvalue weighted by molar-refractivity contribution is -0.141. The minimum absolute atomic E-state index is 0. The third kappa shape index (κ3) is 29.7. The highest BCUT2D eigenvalue weighted by Gasteiger charge is 2.26. The smallest absolute Gasteiger partial charge is 0.369 e. The van der Waals surface area contributed by atoms with Gasteiger partial charge in [-0.2, -0.15) is 0 Å². The van der Waals surface area contributed by atoms with Crippen LogP contribution in [0.2, 0.25) is 0 Å². The second-order valence-electron chi connectivity index (χ2n) is 24.4. The van der Waals surface area contributed by atoms with E-state index in [1.165, 1.54) is 34.5 Å². The van der Waals surface area contributed by atoms with E-state index >= 15 is 0 Å². The van der Waals surface area contributed by atoms with Crippen LogP contribution >= 0.6 is 54.2 Å². The van der Waals surface area contributed by atoms with E-state index in [0.29, 0.717) is 44.1 Å². The summed E-state index contributed by atoms with van der Waals surface area (Å²) in [5.74, 6) is 3.49. The van der Waals surface area contributed by atoms with Crippen LogP contribution in [-0.2, 0) is 62.2 Å². The first-order valence-electron chi connectivity index (χ1n) is 34.8. The van der Waals surface area contributed by atoms with Crippen LogP contribution in [0.3, 0.4) is 0 Å². The van der Waals surface area contributed by atoms with Crippen molar-refractivity contribution in [1.82, 2.24) is 6.15 Å². The van der Waals surface area contributed by atoms with E-state index in [0.717, 1.165) is 116 Å². The fourth-order valence-electron chi connectivity index (χ4n) is 11.4. The summed E-state index contributed by atoms with van der Waals surface area (Å²) in [5, 5.41) is 32.8. The molecule has 0 spiro atoms. The molecule has 0 bridgehead atoms. The summed E-state index contributed by atoms with van der Waals surface area (Å²) in [5.41, 5.74) is 10.1. The first kappa shape index (κ1) is 92.3. The van der Waals surface area contributed by atoms with Gasteiger partial charge in [0.1, 0.15) is 35.0 Å². The van der Waals surface area contributed by atoms with Gasteiger partial charge in [0.2, 0.25) is 5.91 Å². The van der Waals surface area contributed by atoms with Gasteiger partial charge in [0.15, 0.2) is 0 Å². The molecule has 13 aromatic carbocycles. The molecule has 588 valence electrons. The van der Waals surface area contributed by atoms with Gasteiger partial charge in [-0.1, -0.05) is 200 Å². The summed E-state index contributed by atoms with van der Waals surface area (Å²) in [6, 6.07) is 88.2. The lowest BCUT2D eigenvalue weighted by Gasteiger charge is -2.28. The molecule has 0 fully saturated rings. The SMILES string of the molecule is BrB(Br)Br.COC(=O)/C=C/c1ccc2cc(OC)ccc2c1.COC(=O)C=P(c1ccccc1)(c1ccccc1)c1ccccc1.COC(=O)CCc1ccc2cc(O)ccc2c1.COC(=O)CCc1ccc2cc(OC)ccc2c1.COc1ccc2cc(C=O)ccc2c1.N.NC(=O)CCc1ccc2cc(O)ccc2c1.O.[HH]. The predicted octanol–water partition coefficient (Wildman–Crippen LogP) is 18.0. The van der Waals surface area contributed by atoms with Crippen LogP contribution in [0.25, 0.3) is 59.9 Å². The van der Waals surface area contributed by atoms with Crippen LogP contribution in [0.15, 0.2) is 279 Å². The number of esters is 4. The quantitative estimate of drug-likeness (QED) is 0.0146. The van der Waals surface area contributed by atoms with Crippen LogP contribution in [0.4, 0.5) is 0 Å².